The molecule has 0 saturated heterocycles. The SMILES string of the molecule is CCOCCN(CC1CC1)C1CCCCC1. The largest absolute Gasteiger partial charge is 0.380 e. The minimum atomic E-state index is 0.863. The molecule has 2 nitrogen and oxygen atoms in total. The molecule has 0 atom stereocenters. The van der Waals surface area contributed by atoms with E-state index in [1.807, 2.05) is 0 Å². The Bertz CT molecular complexity index is 185. The van der Waals surface area contributed by atoms with Gasteiger partial charge in [-0.05, 0) is 38.5 Å². The molecule has 0 radical (unpaired) electrons. The second-order valence-corrected chi connectivity index (χ2v) is 5.43. The van der Waals surface area contributed by atoms with Crippen molar-refractivity contribution in [3.63, 3.8) is 0 Å². The molecule has 2 rings (SSSR count). The van der Waals surface area contributed by atoms with Gasteiger partial charge < -0.3 is 4.74 Å². The van der Waals surface area contributed by atoms with E-state index in [0.717, 1.165) is 31.7 Å². The Kier molecular flexibility index (Phi) is 5.11. The summed E-state index contributed by atoms with van der Waals surface area (Å²) in [6, 6.07) is 0.870. The maximum absolute atomic E-state index is 5.52. The number of nitrogens with zero attached hydrogens (tertiary/aromatic N) is 1. The summed E-state index contributed by atoms with van der Waals surface area (Å²) in [6.45, 7) is 6.39. The molecule has 0 heterocycles. The van der Waals surface area contributed by atoms with Crippen molar-refractivity contribution in [1.29, 1.82) is 0 Å². The monoisotopic (exact) mass is 225 g/mol. The van der Waals surface area contributed by atoms with Gasteiger partial charge in [-0.2, -0.15) is 0 Å². The molecule has 2 aliphatic carbocycles. The van der Waals surface area contributed by atoms with Crippen molar-refractivity contribution in [3.8, 4) is 0 Å². The summed E-state index contributed by atoms with van der Waals surface area (Å²) in [7, 11) is 0. The molecule has 0 bridgehead atoms. The third kappa shape index (κ3) is 4.06. The Labute approximate surface area is 100 Å². The molecule has 16 heavy (non-hydrogen) atoms. The Morgan fingerprint density at radius 2 is 1.81 bits per heavy atom. The van der Waals surface area contributed by atoms with Crippen LogP contribution in [0.5, 0.6) is 0 Å². The predicted molar refractivity (Wildman–Crippen MR) is 67.7 cm³/mol. The lowest BCUT2D eigenvalue weighted by Gasteiger charge is -2.34. The highest BCUT2D eigenvalue weighted by Crippen LogP contribution is 2.32. The molecule has 0 unspecified atom stereocenters. The Balaban J connectivity index is 1.74. The summed E-state index contributed by atoms with van der Waals surface area (Å²) in [6.07, 6.45) is 10.1. The van der Waals surface area contributed by atoms with Crippen molar-refractivity contribution >= 4 is 0 Å². The van der Waals surface area contributed by atoms with Crippen molar-refractivity contribution < 1.29 is 4.74 Å². The molecule has 0 aromatic carbocycles. The minimum absolute atomic E-state index is 0.863. The maximum Gasteiger partial charge on any atom is 0.0593 e. The minimum Gasteiger partial charge on any atom is -0.380 e. The molecule has 94 valence electrons. The summed E-state index contributed by atoms with van der Waals surface area (Å²) in [5.74, 6) is 1.02. The van der Waals surface area contributed by atoms with Crippen molar-refractivity contribution in [2.75, 3.05) is 26.3 Å². The second kappa shape index (κ2) is 6.61. The van der Waals surface area contributed by atoms with E-state index >= 15 is 0 Å². The average molecular weight is 225 g/mol. The third-order valence-corrected chi connectivity index (χ3v) is 4.01. The van der Waals surface area contributed by atoms with Crippen LogP contribution in [0.2, 0.25) is 0 Å². The van der Waals surface area contributed by atoms with Gasteiger partial charge in [0.05, 0.1) is 6.61 Å². The van der Waals surface area contributed by atoms with Crippen molar-refractivity contribution in [2.45, 2.75) is 57.9 Å². The summed E-state index contributed by atoms with van der Waals surface area (Å²) < 4.78 is 5.52. The molecule has 0 aliphatic heterocycles. The number of ether oxygens (including phenoxy) is 1. The Hall–Kier alpha value is -0.0800. The topological polar surface area (TPSA) is 12.5 Å². The lowest BCUT2D eigenvalue weighted by Crippen LogP contribution is -2.40. The molecule has 0 spiro atoms. The van der Waals surface area contributed by atoms with E-state index in [-0.39, 0.29) is 0 Å². The second-order valence-electron chi connectivity index (χ2n) is 5.43. The van der Waals surface area contributed by atoms with Crippen LogP contribution in [0, 0.1) is 5.92 Å². The predicted octanol–water partition coefficient (Wildman–Crippen LogP) is 3.07. The van der Waals surface area contributed by atoms with Gasteiger partial charge in [-0.15, -0.1) is 0 Å². The van der Waals surface area contributed by atoms with Crippen LogP contribution in [0.3, 0.4) is 0 Å². The van der Waals surface area contributed by atoms with Crippen LogP contribution < -0.4 is 0 Å². The molecule has 0 amide bonds. The molecule has 0 aromatic rings. The lowest BCUT2D eigenvalue weighted by atomic mass is 9.94. The quantitative estimate of drug-likeness (QED) is 0.617. The normalized spacial score (nSPS) is 22.9. The van der Waals surface area contributed by atoms with Gasteiger partial charge in [-0.1, -0.05) is 19.3 Å². The first kappa shape index (κ1) is 12.4. The number of rotatable bonds is 7. The van der Waals surface area contributed by atoms with Crippen LogP contribution in [0.15, 0.2) is 0 Å². The van der Waals surface area contributed by atoms with Crippen molar-refractivity contribution in [1.82, 2.24) is 4.90 Å². The highest BCUT2D eigenvalue weighted by molar-refractivity contribution is 4.82. The van der Waals surface area contributed by atoms with Gasteiger partial charge >= 0.3 is 0 Å². The van der Waals surface area contributed by atoms with Crippen LogP contribution in [0.4, 0.5) is 0 Å². The number of hydrogen-bond donors (Lipinski definition) is 0. The molecular formula is C14H27NO. The average Bonchev–Trinajstić information content (AvgIpc) is 3.13. The highest BCUT2D eigenvalue weighted by Gasteiger charge is 2.28. The third-order valence-electron chi connectivity index (χ3n) is 4.01. The van der Waals surface area contributed by atoms with E-state index in [4.69, 9.17) is 4.74 Å². The lowest BCUT2D eigenvalue weighted by molar-refractivity contribution is 0.0793. The molecule has 2 aliphatic rings. The van der Waals surface area contributed by atoms with Crippen LogP contribution in [-0.2, 0) is 4.74 Å². The van der Waals surface area contributed by atoms with Gasteiger partial charge in [0.25, 0.3) is 0 Å². The van der Waals surface area contributed by atoms with E-state index in [1.165, 1.54) is 51.5 Å². The van der Waals surface area contributed by atoms with Crippen LogP contribution in [-0.4, -0.2) is 37.2 Å². The first-order valence-corrected chi connectivity index (χ1v) is 7.22. The zero-order valence-electron chi connectivity index (χ0n) is 10.8. The van der Waals surface area contributed by atoms with E-state index in [0.29, 0.717) is 0 Å². The van der Waals surface area contributed by atoms with Crippen LogP contribution in [0.25, 0.3) is 0 Å². The fourth-order valence-corrected chi connectivity index (χ4v) is 2.83. The highest BCUT2D eigenvalue weighted by atomic mass is 16.5. The van der Waals surface area contributed by atoms with E-state index in [9.17, 15) is 0 Å². The standard InChI is InChI=1S/C14H27NO/c1-2-16-11-10-15(12-13-8-9-13)14-6-4-3-5-7-14/h13-14H,2-12H2,1H3. The molecule has 2 saturated carbocycles. The first-order chi connectivity index (χ1) is 7.90. The van der Waals surface area contributed by atoms with E-state index < -0.39 is 0 Å². The van der Waals surface area contributed by atoms with Gasteiger partial charge in [-0.25, -0.2) is 0 Å². The van der Waals surface area contributed by atoms with Gasteiger partial charge in [0, 0.05) is 25.7 Å². The summed E-state index contributed by atoms with van der Waals surface area (Å²) in [4.78, 5) is 2.73. The molecule has 0 N–H and O–H groups in total. The Morgan fingerprint density at radius 1 is 1.06 bits per heavy atom. The zero-order valence-corrected chi connectivity index (χ0v) is 10.8. The molecule has 2 fully saturated rings. The summed E-state index contributed by atoms with van der Waals surface area (Å²) >= 11 is 0. The van der Waals surface area contributed by atoms with Crippen LogP contribution in [0.1, 0.15) is 51.9 Å². The number of hydrogen-bond acceptors (Lipinski definition) is 2. The maximum atomic E-state index is 5.52. The zero-order chi connectivity index (χ0) is 11.2. The van der Waals surface area contributed by atoms with Gasteiger partial charge in [0.1, 0.15) is 0 Å². The molecular weight excluding hydrogens is 198 g/mol. The first-order valence-electron chi connectivity index (χ1n) is 7.22. The van der Waals surface area contributed by atoms with Crippen molar-refractivity contribution in [2.24, 2.45) is 5.92 Å². The van der Waals surface area contributed by atoms with Gasteiger partial charge in [0.2, 0.25) is 0 Å². The molecule has 0 aromatic heterocycles. The summed E-state index contributed by atoms with van der Waals surface area (Å²) in [5.41, 5.74) is 0. The fraction of sp³-hybridized carbons (Fsp3) is 1.00. The smallest absolute Gasteiger partial charge is 0.0593 e. The van der Waals surface area contributed by atoms with Gasteiger partial charge in [0.15, 0.2) is 0 Å². The van der Waals surface area contributed by atoms with Gasteiger partial charge in [-0.3, -0.25) is 4.90 Å². The molecule has 2 heteroatoms. The van der Waals surface area contributed by atoms with Crippen molar-refractivity contribution in [3.05, 3.63) is 0 Å². The van der Waals surface area contributed by atoms with E-state index in [1.54, 1.807) is 0 Å². The van der Waals surface area contributed by atoms with Crippen LogP contribution >= 0.6 is 0 Å². The Morgan fingerprint density at radius 3 is 2.44 bits per heavy atom. The van der Waals surface area contributed by atoms with E-state index in [2.05, 4.69) is 11.8 Å². The summed E-state index contributed by atoms with van der Waals surface area (Å²) in [5, 5.41) is 0. The fourth-order valence-electron chi connectivity index (χ4n) is 2.83.